The highest BCUT2D eigenvalue weighted by atomic mass is 32.2. The molecule has 4 nitrogen and oxygen atoms in total. The number of aryl methyl sites for hydroxylation is 1. The van der Waals surface area contributed by atoms with E-state index in [1.807, 2.05) is 30.0 Å². The van der Waals surface area contributed by atoms with Crippen molar-refractivity contribution in [2.75, 3.05) is 24.9 Å². The minimum Gasteiger partial charge on any atom is -0.497 e. The first kappa shape index (κ1) is 13.1. The molecule has 5 heteroatoms. The van der Waals surface area contributed by atoms with Gasteiger partial charge >= 0.3 is 0 Å². The van der Waals surface area contributed by atoms with E-state index in [9.17, 15) is 0 Å². The highest BCUT2D eigenvalue weighted by Gasteiger charge is 2.08. The van der Waals surface area contributed by atoms with Crippen molar-refractivity contribution in [2.45, 2.75) is 19.4 Å². The Morgan fingerprint density at radius 2 is 2.22 bits per heavy atom. The normalized spacial score (nSPS) is 11.0. The third-order valence-electron chi connectivity index (χ3n) is 2.97. The molecule has 0 aliphatic rings. The number of hydrogen-bond acceptors (Lipinski definition) is 4. The van der Waals surface area contributed by atoms with Gasteiger partial charge in [-0.25, -0.2) is 4.98 Å². The topological polar surface area (TPSA) is 53.1 Å². The van der Waals surface area contributed by atoms with Crippen molar-refractivity contribution in [2.24, 2.45) is 0 Å². The van der Waals surface area contributed by atoms with Crippen molar-refractivity contribution >= 4 is 28.7 Å². The minimum absolute atomic E-state index is 0.586. The summed E-state index contributed by atoms with van der Waals surface area (Å²) in [5.41, 5.74) is 7.95. The van der Waals surface area contributed by atoms with E-state index in [0.717, 1.165) is 29.7 Å². The number of nitrogens with two attached hydrogens (primary N) is 1. The molecule has 0 saturated carbocycles. The van der Waals surface area contributed by atoms with Crippen molar-refractivity contribution in [1.82, 2.24) is 9.55 Å². The Kier molecular flexibility index (Phi) is 4.36. The van der Waals surface area contributed by atoms with E-state index in [1.165, 1.54) is 12.2 Å². The van der Waals surface area contributed by atoms with Crippen LogP contribution in [-0.2, 0) is 6.54 Å². The highest BCUT2D eigenvalue weighted by molar-refractivity contribution is 7.98. The first-order chi connectivity index (χ1) is 8.76. The van der Waals surface area contributed by atoms with E-state index in [1.54, 1.807) is 7.11 Å². The zero-order valence-electron chi connectivity index (χ0n) is 10.8. The summed E-state index contributed by atoms with van der Waals surface area (Å²) in [6.45, 7) is 0.926. The Morgan fingerprint density at radius 1 is 1.39 bits per heavy atom. The number of methoxy groups -OCH3 is 1. The molecule has 2 N–H and O–H groups in total. The number of fused-ring (bicyclic) bond motifs is 1. The van der Waals surface area contributed by atoms with E-state index in [2.05, 4.69) is 15.8 Å². The van der Waals surface area contributed by atoms with Crippen LogP contribution in [-0.4, -0.2) is 28.7 Å². The minimum atomic E-state index is 0.586. The molecule has 0 atom stereocenters. The standard InChI is InChI=1S/C13H19N3OS/c1-17-10-5-6-12-11(9-10)15-13(14)16(12)7-3-4-8-18-2/h5-6,9H,3-4,7-8H2,1-2H3,(H2,14,15). The fraction of sp³-hybridized carbons (Fsp3) is 0.462. The van der Waals surface area contributed by atoms with E-state index in [0.29, 0.717) is 5.95 Å². The van der Waals surface area contributed by atoms with Gasteiger partial charge in [0, 0.05) is 12.6 Å². The van der Waals surface area contributed by atoms with Gasteiger partial charge in [-0.15, -0.1) is 0 Å². The smallest absolute Gasteiger partial charge is 0.201 e. The number of imidazole rings is 1. The second kappa shape index (κ2) is 6.00. The molecule has 0 aliphatic heterocycles. The van der Waals surface area contributed by atoms with Crippen molar-refractivity contribution in [1.29, 1.82) is 0 Å². The average Bonchev–Trinajstić information content (AvgIpc) is 2.69. The molecule has 18 heavy (non-hydrogen) atoms. The zero-order valence-corrected chi connectivity index (χ0v) is 11.7. The first-order valence-corrected chi connectivity index (χ1v) is 7.44. The molecule has 0 bridgehead atoms. The molecule has 0 fully saturated rings. The monoisotopic (exact) mass is 265 g/mol. The Labute approximate surface area is 112 Å². The lowest BCUT2D eigenvalue weighted by molar-refractivity contribution is 0.415. The first-order valence-electron chi connectivity index (χ1n) is 6.05. The number of nitrogen functional groups attached to an aromatic ring is 1. The van der Waals surface area contributed by atoms with Gasteiger partial charge in [0.15, 0.2) is 0 Å². The van der Waals surface area contributed by atoms with Gasteiger partial charge in [-0.2, -0.15) is 11.8 Å². The summed E-state index contributed by atoms with van der Waals surface area (Å²) >= 11 is 1.88. The van der Waals surface area contributed by atoms with Crippen LogP contribution in [0.5, 0.6) is 5.75 Å². The Balaban J connectivity index is 2.19. The van der Waals surface area contributed by atoms with Gasteiger partial charge < -0.3 is 15.0 Å². The van der Waals surface area contributed by atoms with Crippen LogP contribution in [0.1, 0.15) is 12.8 Å². The highest BCUT2D eigenvalue weighted by Crippen LogP contribution is 2.23. The maximum Gasteiger partial charge on any atom is 0.201 e. The van der Waals surface area contributed by atoms with E-state index >= 15 is 0 Å². The third-order valence-corrected chi connectivity index (χ3v) is 3.66. The summed E-state index contributed by atoms with van der Waals surface area (Å²) < 4.78 is 7.27. The van der Waals surface area contributed by atoms with Crippen LogP contribution in [0.2, 0.25) is 0 Å². The summed E-state index contributed by atoms with van der Waals surface area (Å²) in [4.78, 5) is 4.38. The largest absolute Gasteiger partial charge is 0.497 e. The number of aromatic nitrogens is 2. The van der Waals surface area contributed by atoms with Crippen LogP contribution in [0, 0.1) is 0 Å². The molecule has 0 saturated heterocycles. The SMILES string of the molecule is COc1ccc2c(c1)nc(N)n2CCCCSC. The molecular formula is C13H19N3OS. The number of rotatable bonds is 6. The van der Waals surface area contributed by atoms with Gasteiger partial charge in [0.25, 0.3) is 0 Å². The van der Waals surface area contributed by atoms with Crippen molar-refractivity contribution < 1.29 is 4.74 Å². The lowest BCUT2D eigenvalue weighted by atomic mass is 10.3. The predicted molar refractivity (Wildman–Crippen MR) is 78.3 cm³/mol. The second-order valence-corrected chi connectivity index (χ2v) is 5.16. The van der Waals surface area contributed by atoms with Crippen molar-refractivity contribution in [3.63, 3.8) is 0 Å². The van der Waals surface area contributed by atoms with Gasteiger partial charge in [-0.3, -0.25) is 0 Å². The number of anilines is 1. The molecular weight excluding hydrogens is 246 g/mol. The molecule has 1 heterocycles. The van der Waals surface area contributed by atoms with Gasteiger partial charge in [0.1, 0.15) is 5.75 Å². The van der Waals surface area contributed by atoms with E-state index < -0.39 is 0 Å². The molecule has 0 amide bonds. The molecule has 0 unspecified atom stereocenters. The van der Waals surface area contributed by atoms with Crippen LogP contribution >= 0.6 is 11.8 Å². The van der Waals surface area contributed by atoms with Crippen LogP contribution in [0.4, 0.5) is 5.95 Å². The Hall–Kier alpha value is -1.36. The molecule has 0 aliphatic carbocycles. The number of benzene rings is 1. The maximum atomic E-state index is 5.97. The summed E-state index contributed by atoms with van der Waals surface area (Å²) in [6.07, 6.45) is 4.46. The van der Waals surface area contributed by atoms with Gasteiger partial charge in [0.05, 0.1) is 18.1 Å². The molecule has 1 aromatic heterocycles. The number of nitrogens with zero attached hydrogens (tertiary/aromatic N) is 2. The fourth-order valence-electron chi connectivity index (χ4n) is 2.01. The van der Waals surface area contributed by atoms with Gasteiger partial charge in [-0.1, -0.05) is 0 Å². The van der Waals surface area contributed by atoms with Crippen LogP contribution in [0.15, 0.2) is 18.2 Å². The summed E-state index contributed by atoms with van der Waals surface area (Å²) in [7, 11) is 1.66. The summed E-state index contributed by atoms with van der Waals surface area (Å²) in [5, 5.41) is 0. The molecule has 0 spiro atoms. The fourth-order valence-corrected chi connectivity index (χ4v) is 2.50. The van der Waals surface area contributed by atoms with Crippen LogP contribution < -0.4 is 10.5 Å². The predicted octanol–water partition coefficient (Wildman–Crippen LogP) is 2.77. The average molecular weight is 265 g/mol. The van der Waals surface area contributed by atoms with Gasteiger partial charge in [0.2, 0.25) is 5.95 Å². The van der Waals surface area contributed by atoms with E-state index in [4.69, 9.17) is 10.5 Å². The van der Waals surface area contributed by atoms with Crippen molar-refractivity contribution in [3.8, 4) is 5.75 Å². The maximum absolute atomic E-state index is 5.97. The van der Waals surface area contributed by atoms with Crippen LogP contribution in [0.25, 0.3) is 11.0 Å². The number of ether oxygens (including phenoxy) is 1. The molecule has 98 valence electrons. The number of hydrogen-bond donors (Lipinski definition) is 1. The quantitative estimate of drug-likeness (QED) is 0.816. The summed E-state index contributed by atoms with van der Waals surface area (Å²) in [6, 6.07) is 5.89. The van der Waals surface area contributed by atoms with Crippen molar-refractivity contribution in [3.05, 3.63) is 18.2 Å². The molecule has 2 rings (SSSR count). The molecule has 1 aromatic carbocycles. The third kappa shape index (κ3) is 2.72. The lowest BCUT2D eigenvalue weighted by Crippen LogP contribution is -2.03. The zero-order chi connectivity index (χ0) is 13.0. The molecule has 2 aromatic rings. The van der Waals surface area contributed by atoms with Gasteiger partial charge in [-0.05, 0) is 37.0 Å². The van der Waals surface area contributed by atoms with Crippen LogP contribution in [0.3, 0.4) is 0 Å². The second-order valence-electron chi connectivity index (χ2n) is 4.18. The Morgan fingerprint density at radius 3 is 2.94 bits per heavy atom. The van der Waals surface area contributed by atoms with E-state index in [-0.39, 0.29) is 0 Å². The lowest BCUT2D eigenvalue weighted by Gasteiger charge is -2.06. The number of thioether (sulfide) groups is 1. The number of unbranched alkanes of at least 4 members (excludes halogenated alkanes) is 1. The Bertz CT molecular complexity index is 524. The molecule has 0 radical (unpaired) electrons. The summed E-state index contributed by atoms with van der Waals surface area (Å²) in [5.74, 6) is 2.59.